The summed E-state index contributed by atoms with van der Waals surface area (Å²) >= 11 is -1.13. The minimum atomic E-state index is -1.13. The molecule has 3 nitrogen and oxygen atoms in total. The van der Waals surface area contributed by atoms with Gasteiger partial charge in [0.2, 0.25) is 0 Å². The van der Waals surface area contributed by atoms with Gasteiger partial charge in [0.1, 0.15) is 0 Å². The van der Waals surface area contributed by atoms with Crippen LogP contribution in [0.25, 0.3) is 0 Å². The van der Waals surface area contributed by atoms with Gasteiger partial charge in [0, 0.05) is 6.26 Å². The topological polar surface area (TPSA) is 35.5 Å². The molecule has 0 rings (SSSR count). The largest absolute Gasteiger partial charge is 0.502 e. The Morgan fingerprint density at radius 2 is 2.09 bits per heavy atom. The maximum Gasteiger partial charge on any atom is 0.152 e. The van der Waals surface area contributed by atoms with Gasteiger partial charge in [-0.05, 0) is 12.8 Å². The number of hydrogen-bond donors (Lipinski definition) is 0. The molecule has 11 heavy (non-hydrogen) atoms. The lowest BCUT2D eigenvalue weighted by molar-refractivity contribution is 0.230. The molecule has 1 unspecified atom stereocenters. The van der Waals surface area contributed by atoms with Gasteiger partial charge < -0.3 is 4.74 Å². The standard InChI is InChI=1S/C7H14O3S/c1-3-9-6-4-5-7-10-11(2)8/h3H,1,4-7H2,2H3. The summed E-state index contributed by atoms with van der Waals surface area (Å²) in [5.41, 5.74) is 0. The quantitative estimate of drug-likeness (QED) is 0.434. The van der Waals surface area contributed by atoms with Crippen LogP contribution in [0.1, 0.15) is 12.8 Å². The number of rotatable bonds is 7. The van der Waals surface area contributed by atoms with Crippen molar-refractivity contribution in [2.45, 2.75) is 12.8 Å². The van der Waals surface area contributed by atoms with Gasteiger partial charge in [-0.1, -0.05) is 6.58 Å². The fourth-order valence-corrected chi connectivity index (χ4v) is 0.900. The molecule has 0 aliphatic rings. The SMILES string of the molecule is C=COCCCCOS(C)=O. The third kappa shape index (κ3) is 9.65. The van der Waals surface area contributed by atoms with E-state index in [0.717, 1.165) is 12.8 Å². The highest BCUT2D eigenvalue weighted by molar-refractivity contribution is 7.79. The summed E-state index contributed by atoms with van der Waals surface area (Å²) in [4.78, 5) is 0. The molecule has 0 spiro atoms. The van der Waals surface area contributed by atoms with Crippen molar-refractivity contribution >= 4 is 11.1 Å². The minimum absolute atomic E-state index is 0.531. The molecule has 0 aliphatic carbocycles. The summed E-state index contributed by atoms with van der Waals surface area (Å²) in [5.74, 6) is 0. The molecule has 0 aromatic carbocycles. The molecule has 0 fully saturated rings. The lowest BCUT2D eigenvalue weighted by Gasteiger charge is -1.99. The summed E-state index contributed by atoms with van der Waals surface area (Å²) in [7, 11) is 0. The summed E-state index contributed by atoms with van der Waals surface area (Å²) in [6, 6.07) is 0. The highest BCUT2D eigenvalue weighted by Gasteiger charge is 1.90. The second kappa shape index (κ2) is 7.75. The Balaban J connectivity index is 2.90. The van der Waals surface area contributed by atoms with E-state index in [-0.39, 0.29) is 0 Å². The van der Waals surface area contributed by atoms with Crippen molar-refractivity contribution < 1.29 is 13.1 Å². The van der Waals surface area contributed by atoms with Crippen LogP contribution in [0.15, 0.2) is 12.8 Å². The first-order chi connectivity index (χ1) is 5.27. The monoisotopic (exact) mass is 178 g/mol. The molecular weight excluding hydrogens is 164 g/mol. The van der Waals surface area contributed by atoms with Gasteiger partial charge in [0.25, 0.3) is 0 Å². The third-order valence-electron chi connectivity index (χ3n) is 1.02. The van der Waals surface area contributed by atoms with Crippen molar-refractivity contribution in [3.63, 3.8) is 0 Å². The minimum Gasteiger partial charge on any atom is -0.502 e. The van der Waals surface area contributed by atoms with Crippen molar-refractivity contribution in [2.24, 2.45) is 0 Å². The molecule has 0 saturated heterocycles. The van der Waals surface area contributed by atoms with Gasteiger partial charge in [0.05, 0.1) is 19.5 Å². The molecule has 0 aromatic rings. The van der Waals surface area contributed by atoms with Gasteiger partial charge in [-0.25, -0.2) is 4.21 Å². The Morgan fingerprint density at radius 1 is 1.45 bits per heavy atom. The second-order valence-corrected chi connectivity index (χ2v) is 3.01. The van der Waals surface area contributed by atoms with Gasteiger partial charge in [-0.2, -0.15) is 0 Å². The van der Waals surface area contributed by atoms with E-state index in [1.54, 1.807) is 0 Å². The van der Waals surface area contributed by atoms with E-state index in [9.17, 15) is 4.21 Å². The molecule has 4 heteroatoms. The molecule has 0 amide bonds. The predicted molar refractivity (Wildman–Crippen MR) is 45.4 cm³/mol. The van der Waals surface area contributed by atoms with E-state index in [0.29, 0.717) is 13.2 Å². The maximum atomic E-state index is 10.4. The lowest BCUT2D eigenvalue weighted by atomic mass is 10.3. The Labute approximate surface area is 70.0 Å². The zero-order chi connectivity index (χ0) is 8.53. The molecule has 0 heterocycles. The molecule has 1 atom stereocenters. The van der Waals surface area contributed by atoms with Crippen molar-refractivity contribution in [3.05, 3.63) is 12.8 Å². The predicted octanol–water partition coefficient (Wildman–Crippen LogP) is 1.24. The van der Waals surface area contributed by atoms with Crippen LogP contribution in [0.4, 0.5) is 0 Å². The molecule has 0 radical (unpaired) electrons. The average Bonchev–Trinajstić information content (AvgIpc) is 1.96. The first-order valence-corrected chi connectivity index (χ1v) is 4.95. The van der Waals surface area contributed by atoms with Crippen LogP contribution in [-0.2, 0) is 20.0 Å². The molecule has 0 saturated carbocycles. The van der Waals surface area contributed by atoms with Gasteiger partial charge >= 0.3 is 0 Å². The third-order valence-corrected chi connectivity index (χ3v) is 1.52. The maximum absolute atomic E-state index is 10.4. The normalized spacial score (nSPS) is 12.5. The van der Waals surface area contributed by atoms with Crippen LogP contribution in [-0.4, -0.2) is 23.7 Å². The van der Waals surface area contributed by atoms with Crippen molar-refractivity contribution in [1.82, 2.24) is 0 Å². The Hall–Kier alpha value is -0.350. The molecular formula is C7H14O3S. The molecule has 0 N–H and O–H groups in total. The summed E-state index contributed by atoms with van der Waals surface area (Å²) in [6.45, 7) is 4.59. The van der Waals surface area contributed by atoms with Crippen molar-refractivity contribution in [3.8, 4) is 0 Å². The number of hydrogen-bond acceptors (Lipinski definition) is 3. The molecule has 0 aromatic heterocycles. The van der Waals surface area contributed by atoms with E-state index in [1.165, 1.54) is 12.5 Å². The smallest absolute Gasteiger partial charge is 0.152 e. The van der Waals surface area contributed by atoms with Crippen LogP contribution in [0.2, 0.25) is 0 Å². The zero-order valence-electron chi connectivity index (χ0n) is 6.75. The van der Waals surface area contributed by atoms with Crippen LogP contribution in [0.3, 0.4) is 0 Å². The fraction of sp³-hybridized carbons (Fsp3) is 0.714. The van der Waals surface area contributed by atoms with Crippen molar-refractivity contribution in [2.75, 3.05) is 19.5 Å². The highest BCUT2D eigenvalue weighted by atomic mass is 32.2. The van der Waals surface area contributed by atoms with Crippen molar-refractivity contribution in [1.29, 1.82) is 0 Å². The van der Waals surface area contributed by atoms with E-state index >= 15 is 0 Å². The van der Waals surface area contributed by atoms with Gasteiger partial charge in [-0.15, -0.1) is 0 Å². The van der Waals surface area contributed by atoms with E-state index in [1.807, 2.05) is 0 Å². The number of ether oxygens (including phenoxy) is 1. The van der Waals surface area contributed by atoms with Gasteiger partial charge in [0.15, 0.2) is 11.1 Å². The van der Waals surface area contributed by atoms with Crippen LogP contribution < -0.4 is 0 Å². The zero-order valence-corrected chi connectivity index (χ0v) is 7.56. The summed E-state index contributed by atoms with van der Waals surface area (Å²) in [6.07, 6.45) is 4.70. The van der Waals surface area contributed by atoms with Crippen LogP contribution >= 0.6 is 0 Å². The van der Waals surface area contributed by atoms with E-state index in [2.05, 4.69) is 6.58 Å². The molecule has 0 aliphatic heterocycles. The Kier molecular flexibility index (Phi) is 7.51. The Morgan fingerprint density at radius 3 is 2.64 bits per heavy atom. The van der Waals surface area contributed by atoms with Crippen LogP contribution in [0.5, 0.6) is 0 Å². The van der Waals surface area contributed by atoms with E-state index in [4.69, 9.17) is 8.92 Å². The molecule has 0 bridgehead atoms. The first kappa shape index (κ1) is 10.7. The van der Waals surface area contributed by atoms with Gasteiger partial charge in [-0.3, -0.25) is 4.18 Å². The first-order valence-electron chi connectivity index (χ1n) is 3.46. The average molecular weight is 178 g/mol. The van der Waals surface area contributed by atoms with E-state index < -0.39 is 11.1 Å². The molecule has 66 valence electrons. The summed E-state index contributed by atoms with van der Waals surface area (Å²) in [5, 5.41) is 0. The fourth-order valence-electron chi connectivity index (χ4n) is 0.547. The summed E-state index contributed by atoms with van der Waals surface area (Å²) < 4.78 is 20.1. The lowest BCUT2D eigenvalue weighted by Crippen LogP contribution is -1.98. The Bertz CT molecular complexity index is 125. The number of unbranched alkanes of at least 4 members (excludes halogenated alkanes) is 1. The second-order valence-electron chi connectivity index (χ2n) is 1.97. The van der Waals surface area contributed by atoms with Crippen LogP contribution in [0, 0.1) is 0 Å². The highest BCUT2D eigenvalue weighted by Crippen LogP contribution is 1.92.